The number of carbonyl (C=O) groups excluding carboxylic acids is 2. The van der Waals surface area contributed by atoms with Crippen LogP contribution >= 0.6 is 0 Å². The fraction of sp³-hybridized carbons (Fsp3) is 0.556. The lowest BCUT2D eigenvalue weighted by atomic mass is 9.84. The Labute approximate surface area is 132 Å². The van der Waals surface area contributed by atoms with Gasteiger partial charge in [0.1, 0.15) is 0 Å². The highest BCUT2D eigenvalue weighted by molar-refractivity contribution is 5.98. The minimum Gasteiger partial charge on any atom is -0.315 e. The highest BCUT2D eigenvalue weighted by atomic mass is 16.2. The van der Waals surface area contributed by atoms with Crippen molar-refractivity contribution in [1.29, 1.82) is 0 Å². The van der Waals surface area contributed by atoms with Crippen molar-refractivity contribution in [2.45, 2.75) is 45.6 Å². The van der Waals surface area contributed by atoms with E-state index in [0.717, 1.165) is 5.56 Å². The van der Waals surface area contributed by atoms with E-state index in [1.54, 1.807) is 0 Å². The Morgan fingerprint density at radius 3 is 2.14 bits per heavy atom. The normalized spacial score (nSPS) is 18.6. The zero-order valence-electron chi connectivity index (χ0n) is 13.9. The first-order valence-corrected chi connectivity index (χ1v) is 7.88. The number of nitrogens with one attached hydrogen (secondary N) is 1. The predicted octanol–water partition coefficient (Wildman–Crippen LogP) is 2.55. The topological polar surface area (TPSA) is 49.4 Å². The maximum absolute atomic E-state index is 12.4. The summed E-state index contributed by atoms with van der Waals surface area (Å²) < 4.78 is 0. The number of nitrogens with zero attached hydrogens (tertiary/aromatic N) is 1. The summed E-state index contributed by atoms with van der Waals surface area (Å²) in [4.78, 5) is 26.3. The second kappa shape index (κ2) is 6.61. The van der Waals surface area contributed by atoms with E-state index in [1.165, 1.54) is 4.90 Å². The molecular weight excluding hydrogens is 276 g/mol. The minimum absolute atomic E-state index is 0.00834. The van der Waals surface area contributed by atoms with Gasteiger partial charge in [0, 0.05) is 31.3 Å². The summed E-state index contributed by atoms with van der Waals surface area (Å²) in [7, 11) is 1.88. The molecule has 0 radical (unpaired) electrons. The number of hydrogen-bond donors (Lipinski definition) is 1. The van der Waals surface area contributed by atoms with Gasteiger partial charge >= 0.3 is 0 Å². The maximum Gasteiger partial charge on any atom is 0.229 e. The molecule has 0 saturated carbocycles. The van der Waals surface area contributed by atoms with Crippen molar-refractivity contribution in [2.24, 2.45) is 5.41 Å². The van der Waals surface area contributed by atoms with Crippen LogP contribution in [-0.4, -0.2) is 36.3 Å². The van der Waals surface area contributed by atoms with Gasteiger partial charge in [-0.3, -0.25) is 14.5 Å². The van der Waals surface area contributed by atoms with Gasteiger partial charge in [-0.15, -0.1) is 0 Å². The number of likely N-dealkylation sites (N-methyl/N-ethyl adjacent to an activating group) is 1. The van der Waals surface area contributed by atoms with Gasteiger partial charge in [-0.25, -0.2) is 0 Å². The van der Waals surface area contributed by atoms with Crippen LogP contribution < -0.4 is 5.32 Å². The van der Waals surface area contributed by atoms with Crippen LogP contribution in [0.4, 0.5) is 0 Å². The number of imide groups is 1. The third-order valence-corrected chi connectivity index (χ3v) is 4.47. The van der Waals surface area contributed by atoms with Crippen molar-refractivity contribution in [3.63, 3.8) is 0 Å². The second-order valence-corrected chi connectivity index (χ2v) is 7.12. The molecule has 2 amide bonds. The maximum atomic E-state index is 12.4. The Morgan fingerprint density at radius 2 is 1.68 bits per heavy atom. The minimum atomic E-state index is -0.0606. The molecule has 1 aromatic carbocycles. The molecule has 1 aliphatic heterocycles. The van der Waals surface area contributed by atoms with Crippen molar-refractivity contribution in [1.82, 2.24) is 10.2 Å². The molecule has 1 aliphatic rings. The molecule has 22 heavy (non-hydrogen) atoms. The average Bonchev–Trinajstić information content (AvgIpc) is 2.46. The molecule has 0 aliphatic carbocycles. The molecule has 1 aromatic rings. The summed E-state index contributed by atoms with van der Waals surface area (Å²) in [5.41, 5.74) is 1.07. The Kier molecular flexibility index (Phi) is 5.01. The molecule has 4 heteroatoms. The highest BCUT2D eigenvalue weighted by Crippen LogP contribution is 2.30. The number of piperidine rings is 1. The van der Waals surface area contributed by atoms with Crippen LogP contribution in [0.5, 0.6) is 0 Å². The van der Waals surface area contributed by atoms with Crippen LogP contribution in [0.15, 0.2) is 30.3 Å². The van der Waals surface area contributed by atoms with Gasteiger partial charge in [-0.05, 0) is 18.0 Å². The fourth-order valence-electron chi connectivity index (χ4n) is 3.00. The highest BCUT2D eigenvalue weighted by Gasteiger charge is 2.36. The lowest BCUT2D eigenvalue weighted by Crippen LogP contribution is -2.52. The summed E-state index contributed by atoms with van der Waals surface area (Å²) in [5, 5.41) is 3.23. The Hall–Kier alpha value is -1.68. The summed E-state index contributed by atoms with van der Waals surface area (Å²) in [6.45, 7) is 6.78. The molecule has 0 spiro atoms. The number of likely N-dealkylation sites (tertiary alicyclic amines) is 1. The lowest BCUT2D eigenvalue weighted by molar-refractivity contribution is -0.149. The Balaban J connectivity index is 2.09. The zero-order valence-corrected chi connectivity index (χ0v) is 13.9. The zero-order chi connectivity index (χ0) is 16.3. The largest absolute Gasteiger partial charge is 0.315 e. The second-order valence-electron chi connectivity index (χ2n) is 7.12. The number of carbonyl (C=O) groups is 2. The molecule has 1 saturated heterocycles. The van der Waals surface area contributed by atoms with E-state index in [0.29, 0.717) is 19.4 Å². The molecule has 2 rings (SSSR count). The number of amides is 2. The average molecular weight is 302 g/mol. The number of hydrogen-bond acceptors (Lipinski definition) is 3. The van der Waals surface area contributed by atoms with Crippen molar-refractivity contribution >= 4 is 11.8 Å². The summed E-state index contributed by atoms with van der Waals surface area (Å²) in [5.74, 6) is -0.107. The van der Waals surface area contributed by atoms with E-state index in [-0.39, 0.29) is 29.2 Å². The first kappa shape index (κ1) is 16.7. The van der Waals surface area contributed by atoms with Gasteiger partial charge < -0.3 is 5.32 Å². The van der Waals surface area contributed by atoms with Crippen LogP contribution in [0.2, 0.25) is 0 Å². The van der Waals surface area contributed by atoms with Crippen LogP contribution in [0, 0.1) is 5.41 Å². The molecule has 0 unspecified atom stereocenters. The van der Waals surface area contributed by atoms with Crippen LogP contribution in [0.1, 0.15) is 45.1 Å². The molecule has 1 N–H and O–H groups in total. The number of rotatable bonds is 4. The van der Waals surface area contributed by atoms with E-state index < -0.39 is 0 Å². The first-order valence-electron chi connectivity index (χ1n) is 7.88. The fourth-order valence-corrected chi connectivity index (χ4v) is 3.00. The quantitative estimate of drug-likeness (QED) is 0.870. The molecule has 1 heterocycles. The van der Waals surface area contributed by atoms with Gasteiger partial charge in [-0.2, -0.15) is 0 Å². The van der Waals surface area contributed by atoms with E-state index in [2.05, 4.69) is 26.1 Å². The Bertz CT molecular complexity index is 516. The number of benzene rings is 1. The molecule has 1 fully saturated rings. The van der Waals surface area contributed by atoms with Crippen LogP contribution in [-0.2, 0) is 9.59 Å². The van der Waals surface area contributed by atoms with E-state index in [1.807, 2.05) is 37.4 Å². The lowest BCUT2D eigenvalue weighted by Gasteiger charge is -2.37. The summed E-state index contributed by atoms with van der Waals surface area (Å²) >= 11 is 0. The molecule has 120 valence electrons. The van der Waals surface area contributed by atoms with Gasteiger partial charge in [0.15, 0.2) is 0 Å². The van der Waals surface area contributed by atoms with Gasteiger partial charge in [0.2, 0.25) is 11.8 Å². The third kappa shape index (κ3) is 3.74. The third-order valence-electron chi connectivity index (χ3n) is 4.47. The van der Waals surface area contributed by atoms with E-state index in [4.69, 9.17) is 0 Å². The van der Waals surface area contributed by atoms with Crippen molar-refractivity contribution in [3.8, 4) is 0 Å². The van der Waals surface area contributed by atoms with Gasteiger partial charge in [0.25, 0.3) is 0 Å². The Morgan fingerprint density at radius 1 is 1.14 bits per heavy atom. The molecule has 0 aromatic heterocycles. The smallest absolute Gasteiger partial charge is 0.229 e. The van der Waals surface area contributed by atoms with Crippen molar-refractivity contribution in [3.05, 3.63) is 35.9 Å². The van der Waals surface area contributed by atoms with E-state index in [9.17, 15) is 9.59 Å². The summed E-state index contributed by atoms with van der Waals surface area (Å²) in [6.07, 6.45) is 0.826. The van der Waals surface area contributed by atoms with Crippen molar-refractivity contribution < 1.29 is 9.59 Å². The van der Waals surface area contributed by atoms with Crippen LogP contribution in [0.25, 0.3) is 0 Å². The standard InChI is InChI=1S/C18H26N2O2/c1-18(2,3)15(19-4)12-20-16(21)10-14(11-17(20)22)13-8-6-5-7-9-13/h5-9,14-15,19H,10-12H2,1-4H3/t15-/m1/s1. The molecule has 0 bridgehead atoms. The molecular formula is C18H26N2O2. The summed E-state index contributed by atoms with van der Waals surface area (Å²) in [6, 6.07) is 9.93. The molecule has 4 nitrogen and oxygen atoms in total. The first-order chi connectivity index (χ1) is 10.3. The van der Waals surface area contributed by atoms with Crippen LogP contribution in [0.3, 0.4) is 0 Å². The van der Waals surface area contributed by atoms with E-state index >= 15 is 0 Å². The van der Waals surface area contributed by atoms with Crippen molar-refractivity contribution in [2.75, 3.05) is 13.6 Å². The van der Waals surface area contributed by atoms with Gasteiger partial charge in [-0.1, -0.05) is 51.1 Å². The monoisotopic (exact) mass is 302 g/mol. The predicted molar refractivity (Wildman–Crippen MR) is 87.4 cm³/mol. The molecule has 1 atom stereocenters. The van der Waals surface area contributed by atoms with Gasteiger partial charge in [0.05, 0.1) is 0 Å². The SMILES string of the molecule is CN[C@H](CN1C(=O)CC(c2ccccc2)CC1=O)C(C)(C)C.